The molecule has 0 fully saturated rings. The molecule has 1 atom stereocenters. The minimum absolute atomic E-state index is 0.379. The molecule has 1 aromatic carbocycles. The lowest BCUT2D eigenvalue weighted by molar-refractivity contribution is 0.128. The van der Waals surface area contributed by atoms with E-state index in [9.17, 15) is 13.2 Å². The van der Waals surface area contributed by atoms with E-state index < -0.39 is 18.9 Å². The van der Waals surface area contributed by atoms with Crippen LogP contribution in [0.4, 0.5) is 13.2 Å². The molecule has 0 amide bonds. The summed E-state index contributed by atoms with van der Waals surface area (Å²) < 4.78 is 36.7. The van der Waals surface area contributed by atoms with Crippen molar-refractivity contribution < 1.29 is 13.2 Å². The lowest BCUT2D eigenvalue weighted by Crippen LogP contribution is -2.15. The Labute approximate surface area is 80.7 Å². The van der Waals surface area contributed by atoms with Gasteiger partial charge in [0.05, 0.1) is 0 Å². The number of benzene rings is 1. The summed E-state index contributed by atoms with van der Waals surface area (Å²) in [4.78, 5) is 0. The molecule has 4 heteroatoms. The van der Waals surface area contributed by atoms with Crippen LogP contribution in [0, 0.1) is 12.7 Å². The smallest absolute Gasteiger partial charge is 0.240 e. The molecule has 1 rings (SSSR count). The van der Waals surface area contributed by atoms with Gasteiger partial charge in [0.15, 0.2) is 0 Å². The number of rotatable bonds is 3. The van der Waals surface area contributed by atoms with Crippen molar-refractivity contribution in [2.45, 2.75) is 25.8 Å². The molecule has 0 saturated carbocycles. The Hall–Kier alpha value is -1.03. The third kappa shape index (κ3) is 2.73. The summed E-state index contributed by atoms with van der Waals surface area (Å²) in [7, 11) is 0. The van der Waals surface area contributed by atoms with Crippen LogP contribution >= 0.6 is 0 Å². The van der Waals surface area contributed by atoms with E-state index in [-0.39, 0.29) is 5.82 Å². The Morgan fingerprint density at radius 2 is 2.00 bits per heavy atom. The van der Waals surface area contributed by atoms with E-state index in [1.807, 2.05) is 0 Å². The van der Waals surface area contributed by atoms with Gasteiger partial charge in [0.25, 0.3) is 0 Å². The number of aryl methyl sites for hydroxylation is 1. The van der Waals surface area contributed by atoms with E-state index in [0.29, 0.717) is 11.1 Å². The number of hydrogen-bond donors (Lipinski definition) is 1. The highest BCUT2D eigenvalue weighted by Gasteiger charge is 2.14. The predicted octanol–water partition coefficient (Wildman–Crippen LogP) is 2.79. The van der Waals surface area contributed by atoms with Crippen LogP contribution in [0.5, 0.6) is 0 Å². The van der Waals surface area contributed by atoms with Crippen LogP contribution in [0.2, 0.25) is 0 Å². The van der Waals surface area contributed by atoms with Crippen molar-refractivity contribution in [2.75, 3.05) is 0 Å². The monoisotopic (exact) mass is 203 g/mol. The number of nitrogens with two attached hydrogens (primary N) is 1. The zero-order valence-electron chi connectivity index (χ0n) is 7.81. The van der Waals surface area contributed by atoms with Gasteiger partial charge in [-0.05, 0) is 30.2 Å². The molecule has 78 valence electrons. The standard InChI is InChI=1S/C10H12F3N/c1-6-4-7(11)2-3-8(6)9(14)5-10(12)13/h2-4,9-10H,5,14H2,1H3/t9-/m1/s1. The van der Waals surface area contributed by atoms with E-state index in [2.05, 4.69) is 0 Å². The summed E-state index contributed by atoms with van der Waals surface area (Å²) in [6.07, 6.45) is -2.83. The number of halogens is 3. The highest BCUT2D eigenvalue weighted by Crippen LogP contribution is 2.21. The maximum Gasteiger partial charge on any atom is 0.240 e. The second-order valence-electron chi connectivity index (χ2n) is 3.23. The van der Waals surface area contributed by atoms with Crippen LogP contribution in [0.3, 0.4) is 0 Å². The van der Waals surface area contributed by atoms with Gasteiger partial charge in [-0.2, -0.15) is 0 Å². The van der Waals surface area contributed by atoms with Crippen molar-refractivity contribution in [1.29, 1.82) is 0 Å². The van der Waals surface area contributed by atoms with Crippen LogP contribution in [0.25, 0.3) is 0 Å². The summed E-state index contributed by atoms with van der Waals surface area (Å²) in [6, 6.07) is 3.25. The number of hydrogen-bond acceptors (Lipinski definition) is 1. The van der Waals surface area contributed by atoms with Crippen molar-refractivity contribution in [3.8, 4) is 0 Å². The van der Waals surface area contributed by atoms with E-state index in [1.54, 1.807) is 6.92 Å². The molecule has 0 aliphatic carbocycles. The second-order valence-corrected chi connectivity index (χ2v) is 3.23. The molecule has 1 aromatic rings. The average Bonchev–Trinajstić information content (AvgIpc) is 2.01. The summed E-state index contributed by atoms with van der Waals surface area (Å²) in [5.41, 5.74) is 6.73. The van der Waals surface area contributed by atoms with Crippen LogP contribution < -0.4 is 5.73 Å². The third-order valence-corrected chi connectivity index (χ3v) is 2.06. The molecule has 14 heavy (non-hydrogen) atoms. The summed E-state index contributed by atoms with van der Waals surface area (Å²) >= 11 is 0. The first-order valence-electron chi connectivity index (χ1n) is 4.30. The average molecular weight is 203 g/mol. The SMILES string of the molecule is Cc1cc(F)ccc1[C@H](N)CC(F)F. The van der Waals surface area contributed by atoms with E-state index >= 15 is 0 Å². The van der Waals surface area contributed by atoms with Crippen molar-refractivity contribution in [1.82, 2.24) is 0 Å². The minimum atomic E-state index is -2.44. The molecular weight excluding hydrogens is 191 g/mol. The topological polar surface area (TPSA) is 26.0 Å². The van der Waals surface area contributed by atoms with Crippen molar-refractivity contribution >= 4 is 0 Å². The van der Waals surface area contributed by atoms with Crippen molar-refractivity contribution in [2.24, 2.45) is 5.73 Å². The molecule has 0 unspecified atom stereocenters. The fraction of sp³-hybridized carbons (Fsp3) is 0.400. The van der Waals surface area contributed by atoms with Gasteiger partial charge in [-0.1, -0.05) is 6.07 Å². The lowest BCUT2D eigenvalue weighted by atomic mass is 10.00. The third-order valence-electron chi connectivity index (χ3n) is 2.06. The van der Waals surface area contributed by atoms with Crippen LogP contribution in [0.1, 0.15) is 23.6 Å². The largest absolute Gasteiger partial charge is 0.324 e. The Bertz CT molecular complexity index is 312. The molecule has 1 nitrogen and oxygen atoms in total. The minimum Gasteiger partial charge on any atom is -0.324 e. The van der Waals surface area contributed by atoms with Crippen LogP contribution in [-0.4, -0.2) is 6.43 Å². The van der Waals surface area contributed by atoms with Crippen LogP contribution in [-0.2, 0) is 0 Å². The molecule has 0 spiro atoms. The molecular formula is C10H12F3N. The first-order chi connectivity index (χ1) is 6.50. The van der Waals surface area contributed by atoms with Gasteiger partial charge < -0.3 is 5.73 Å². The maximum atomic E-state index is 12.7. The normalized spacial score (nSPS) is 13.3. The summed E-state index contributed by atoms with van der Waals surface area (Å²) in [6.45, 7) is 1.66. The van der Waals surface area contributed by atoms with Gasteiger partial charge in [0.1, 0.15) is 5.82 Å². The Kier molecular flexibility index (Phi) is 3.52. The fourth-order valence-corrected chi connectivity index (χ4v) is 1.37. The lowest BCUT2D eigenvalue weighted by Gasteiger charge is -2.13. The predicted molar refractivity (Wildman–Crippen MR) is 48.7 cm³/mol. The van der Waals surface area contributed by atoms with E-state index in [0.717, 1.165) is 0 Å². The number of alkyl halides is 2. The van der Waals surface area contributed by atoms with Crippen LogP contribution in [0.15, 0.2) is 18.2 Å². The summed E-state index contributed by atoms with van der Waals surface area (Å²) in [5, 5.41) is 0. The van der Waals surface area contributed by atoms with Gasteiger partial charge in [-0.25, -0.2) is 13.2 Å². The highest BCUT2D eigenvalue weighted by molar-refractivity contribution is 5.29. The maximum absolute atomic E-state index is 12.7. The van der Waals surface area contributed by atoms with Crippen molar-refractivity contribution in [3.63, 3.8) is 0 Å². The first-order valence-corrected chi connectivity index (χ1v) is 4.30. The Morgan fingerprint density at radius 1 is 1.36 bits per heavy atom. The van der Waals surface area contributed by atoms with Gasteiger partial charge >= 0.3 is 0 Å². The molecule has 0 heterocycles. The van der Waals surface area contributed by atoms with Gasteiger partial charge in [-0.15, -0.1) is 0 Å². The Morgan fingerprint density at radius 3 is 2.50 bits per heavy atom. The molecule has 0 radical (unpaired) electrons. The van der Waals surface area contributed by atoms with Gasteiger partial charge in [0.2, 0.25) is 6.43 Å². The summed E-state index contributed by atoms with van der Waals surface area (Å²) in [5.74, 6) is -0.379. The quantitative estimate of drug-likeness (QED) is 0.803. The zero-order chi connectivity index (χ0) is 10.7. The van der Waals surface area contributed by atoms with Gasteiger partial charge in [0, 0.05) is 12.5 Å². The van der Waals surface area contributed by atoms with E-state index in [4.69, 9.17) is 5.73 Å². The molecule has 0 aliphatic heterocycles. The van der Waals surface area contributed by atoms with Crippen molar-refractivity contribution in [3.05, 3.63) is 35.1 Å². The Balaban J connectivity index is 2.84. The zero-order valence-corrected chi connectivity index (χ0v) is 7.81. The first kappa shape index (κ1) is 11.0. The molecule has 0 aliphatic rings. The molecule has 0 saturated heterocycles. The molecule has 0 bridgehead atoms. The van der Waals surface area contributed by atoms with Gasteiger partial charge in [-0.3, -0.25) is 0 Å². The second kappa shape index (κ2) is 4.46. The molecule has 0 aromatic heterocycles. The van der Waals surface area contributed by atoms with E-state index in [1.165, 1.54) is 18.2 Å². The fourth-order valence-electron chi connectivity index (χ4n) is 1.37. The highest BCUT2D eigenvalue weighted by atomic mass is 19.3. The molecule has 2 N–H and O–H groups in total.